The van der Waals surface area contributed by atoms with E-state index in [0.29, 0.717) is 18.8 Å². The van der Waals surface area contributed by atoms with Crippen LogP contribution in [-0.4, -0.2) is 31.8 Å². The van der Waals surface area contributed by atoms with Crippen LogP contribution < -0.4 is 9.80 Å². The smallest absolute Gasteiger partial charge is 0.246 e. The van der Waals surface area contributed by atoms with Crippen molar-refractivity contribution in [3.8, 4) is 0 Å². The van der Waals surface area contributed by atoms with Gasteiger partial charge in [0.15, 0.2) is 0 Å². The molecule has 15 heavy (non-hydrogen) atoms. The molecule has 0 fully saturated rings. The number of hydrogen-bond acceptors (Lipinski definition) is 3. The summed E-state index contributed by atoms with van der Waals surface area (Å²) in [5, 5.41) is 0. The summed E-state index contributed by atoms with van der Waals surface area (Å²) in [7, 11) is 1.94. The van der Waals surface area contributed by atoms with Crippen LogP contribution in [0.4, 0.5) is 11.4 Å². The molecule has 0 unspecified atom stereocenters. The first-order chi connectivity index (χ1) is 7.24. The molecule has 1 aromatic carbocycles. The van der Waals surface area contributed by atoms with Gasteiger partial charge in [-0.2, -0.15) is 12.6 Å². The quantitative estimate of drug-likeness (QED) is 0.765. The molecular formula is C11H14N2OS. The number of carbonyl (C=O) groups is 1. The van der Waals surface area contributed by atoms with Crippen molar-refractivity contribution in [3.05, 3.63) is 24.3 Å². The van der Waals surface area contributed by atoms with E-state index in [4.69, 9.17) is 0 Å². The molecule has 80 valence electrons. The highest BCUT2D eigenvalue weighted by Crippen LogP contribution is 2.31. The van der Waals surface area contributed by atoms with Gasteiger partial charge in [0.05, 0.1) is 17.9 Å². The third kappa shape index (κ3) is 1.81. The number of amides is 1. The second kappa shape index (κ2) is 4.14. The largest absolute Gasteiger partial charge is 0.364 e. The van der Waals surface area contributed by atoms with E-state index < -0.39 is 0 Å². The Labute approximate surface area is 95.1 Å². The summed E-state index contributed by atoms with van der Waals surface area (Å²) in [6, 6.07) is 7.96. The first-order valence-electron chi connectivity index (χ1n) is 4.95. The maximum absolute atomic E-state index is 11.8. The fourth-order valence-electron chi connectivity index (χ4n) is 1.87. The number of para-hydroxylation sites is 2. The van der Waals surface area contributed by atoms with E-state index in [-0.39, 0.29) is 5.91 Å². The lowest BCUT2D eigenvalue weighted by molar-refractivity contribution is -0.117. The van der Waals surface area contributed by atoms with Crippen molar-refractivity contribution in [3.63, 3.8) is 0 Å². The summed E-state index contributed by atoms with van der Waals surface area (Å²) in [5.41, 5.74) is 2.10. The van der Waals surface area contributed by atoms with E-state index in [0.717, 1.165) is 11.4 Å². The third-order valence-corrected chi connectivity index (χ3v) is 2.78. The molecule has 0 N–H and O–H groups in total. The summed E-state index contributed by atoms with van der Waals surface area (Å²) in [6.45, 7) is 1.12. The van der Waals surface area contributed by atoms with Crippen LogP contribution >= 0.6 is 12.6 Å². The van der Waals surface area contributed by atoms with E-state index in [2.05, 4.69) is 12.6 Å². The highest BCUT2D eigenvalue weighted by molar-refractivity contribution is 7.80. The summed E-state index contributed by atoms with van der Waals surface area (Å²) < 4.78 is 0. The Morgan fingerprint density at radius 2 is 2.00 bits per heavy atom. The van der Waals surface area contributed by atoms with Crippen molar-refractivity contribution in [1.82, 2.24) is 0 Å². The minimum absolute atomic E-state index is 0.144. The van der Waals surface area contributed by atoms with Crippen molar-refractivity contribution in [2.45, 2.75) is 0 Å². The molecule has 0 saturated carbocycles. The molecule has 1 aromatic rings. The van der Waals surface area contributed by atoms with Gasteiger partial charge in [-0.25, -0.2) is 0 Å². The van der Waals surface area contributed by atoms with Gasteiger partial charge in [-0.3, -0.25) is 4.79 Å². The van der Waals surface area contributed by atoms with Crippen molar-refractivity contribution < 1.29 is 4.79 Å². The van der Waals surface area contributed by atoms with Gasteiger partial charge in [0.25, 0.3) is 0 Å². The second-order valence-corrected chi connectivity index (χ2v) is 4.06. The summed E-state index contributed by atoms with van der Waals surface area (Å²) in [4.78, 5) is 15.6. The third-order valence-electron chi connectivity index (χ3n) is 2.58. The molecule has 0 saturated heterocycles. The summed E-state index contributed by atoms with van der Waals surface area (Å²) >= 11 is 4.18. The van der Waals surface area contributed by atoms with Crippen molar-refractivity contribution >= 4 is 29.9 Å². The van der Waals surface area contributed by atoms with Crippen LogP contribution in [0.1, 0.15) is 0 Å². The van der Waals surface area contributed by atoms with E-state index in [9.17, 15) is 4.79 Å². The van der Waals surface area contributed by atoms with E-state index in [1.54, 1.807) is 0 Å². The fourth-order valence-corrected chi connectivity index (χ4v) is 2.07. The van der Waals surface area contributed by atoms with Crippen molar-refractivity contribution in [2.24, 2.45) is 0 Å². The molecular weight excluding hydrogens is 208 g/mol. The lowest BCUT2D eigenvalue weighted by Gasteiger charge is -2.34. The molecule has 0 atom stereocenters. The Kier molecular flexibility index (Phi) is 2.86. The molecule has 0 bridgehead atoms. The highest BCUT2D eigenvalue weighted by atomic mass is 32.1. The van der Waals surface area contributed by atoms with Crippen LogP contribution in [0.25, 0.3) is 0 Å². The topological polar surface area (TPSA) is 23.6 Å². The predicted octanol–water partition coefficient (Wildman–Crippen LogP) is 1.40. The number of carbonyl (C=O) groups excluding carboxylic acids is 1. The predicted molar refractivity (Wildman–Crippen MR) is 65.9 cm³/mol. The van der Waals surface area contributed by atoms with Crippen LogP contribution in [-0.2, 0) is 4.79 Å². The minimum Gasteiger partial charge on any atom is -0.364 e. The number of nitrogens with zero attached hydrogens (tertiary/aromatic N) is 2. The van der Waals surface area contributed by atoms with Gasteiger partial charge in [-0.15, -0.1) is 0 Å². The van der Waals surface area contributed by atoms with Crippen molar-refractivity contribution in [2.75, 3.05) is 35.7 Å². The lowest BCUT2D eigenvalue weighted by Crippen LogP contribution is -2.45. The molecule has 3 nitrogen and oxygen atoms in total. The number of hydrogen-bond donors (Lipinski definition) is 1. The zero-order chi connectivity index (χ0) is 10.8. The zero-order valence-corrected chi connectivity index (χ0v) is 9.58. The van der Waals surface area contributed by atoms with E-state index in [1.165, 1.54) is 0 Å². The summed E-state index contributed by atoms with van der Waals surface area (Å²) in [5.74, 6) is 0.828. The Balaban J connectivity index is 2.42. The first-order valence-corrected chi connectivity index (χ1v) is 5.58. The Bertz CT molecular complexity index is 381. The monoisotopic (exact) mass is 222 g/mol. The molecule has 0 aromatic heterocycles. The zero-order valence-electron chi connectivity index (χ0n) is 8.68. The normalized spacial score (nSPS) is 15.5. The maximum Gasteiger partial charge on any atom is 0.246 e. The number of rotatable bonds is 2. The van der Waals surface area contributed by atoms with Gasteiger partial charge in [0.2, 0.25) is 5.91 Å². The average Bonchev–Trinajstić information content (AvgIpc) is 2.24. The van der Waals surface area contributed by atoms with Crippen LogP contribution in [0, 0.1) is 0 Å². The Morgan fingerprint density at radius 1 is 1.33 bits per heavy atom. The van der Waals surface area contributed by atoms with Crippen LogP contribution in [0.2, 0.25) is 0 Å². The molecule has 1 amide bonds. The fraction of sp³-hybridized carbons (Fsp3) is 0.364. The first kappa shape index (κ1) is 10.4. The number of thiol groups is 1. The lowest BCUT2D eigenvalue weighted by atomic mass is 10.1. The van der Waals surface area contributed by atoms with Gasteiger partial charge >= 0.3 is 0 Å². The standard InChI is InChI=1S/C11H14N2OS/c1-12-8-11(14)13(6-7-15)10-5-3-2-4-9(10)12/h2-5,15H,6-8H2,1H3. The van der Waals surface area contributed by atoms with Crippen molar-refractivity contribution in [1.29, 1.82) is 0 Å². The highest BCUT2D eigenvalue weighted by Gasteiger charge is 2.25. The molecule has 1 aliphatic heterocycles. The summed E-state index contributed by atoms with van der Waals surface area (Å²) in [6.07, 6.45) is 0. The molecule has 4 heteroatoms. The molecule has 1 heterocycles. The molecule has 0 radical (unpaired) electrons. The Morgan fingerprint density at radius 3 is 2.67 bits per heavy atom. The molecule has 2 rings (SSSR count). The minimum atomic E-state index is 0.144. The second-order valence-electron chi connectivity index (χ2n) is 3.61. The number of likely N-dealkylation sites (N-methyl/N-ethyl adjacent to an activating group) is 1. The van der Waals surface area contributed by atoms with Gasteiger partial charge in [0, 0.05) is 19.3 Å². The van der Waals surface area contributed by atoms with Gasteiger partial charge in [-0.1, -0.05) is 12.1 Å². The van der Waals surface area contributed by atoms with Gasteiger partial charge in [-0.05, 0) is 12.1 Å². The van der Waals surface area contributed by atoms with E-state index >= 15 is 0 Å². The SMILES string of the molecule is CN1CC(=O)N(CCS)c2ccccc21. The van der Waals surface area contributed by atoms with E-state index in [1.807, 2.05) is 41.1 Å². The van der Waals surface area contributed by atoms with Gasteiger partial charge in [0.1, 0.15) is 0 Å². The molecule has 0 spiro atoms. The van der Waals surface area contributed by atoms with Gasteiger partial charge < -0.3 is 9.80 Å². The van der Waals surface area contributed by atoms with Crippen LogP contribution in [0.5, 0.6) is 0 Å². The Hall–Kier alpha value is -1.16. The van der Waals surface area contributed by atoms with Crippen LogP contribution in [0.3, 0.4) is 0 Å². The van der Waals surface area contributed by atoms with Crippen LogP contribution in [0.15, 0.2) is 24.3 Å². The number of benzene rings is 1. The molecule has 1 aliphatic rings. The molecule has 0 aliphatic carbocycles. The number of fused-ring (bicyclic) bond motifs is 1. The maximum atomic E-state index is 11.8. The average molecular weight is 222 g/mol. The number of anilines is 2.